The molecule has 1 aromatic heterocycles. The number of ether oxygens (including phenoxy) is 1. The van der Waals surface area contributed by atoms with Crippen molar-refractivity contribution in [3.05, 3.63) is 72.3 Å². The van der Waals surface area contributed by atoms with Crippen molar-refractivity contribution in [1.82, 2.24) is 15.1 Å². The monoisotopic (exact) mass is 305 g/mol. The molecule has 0 fully saturated rings. The van der Waals surface area contributed by atoms with Gasteiger partial charge in [0, 0.05) is 23.7 Å². The normalized spacial score (nSPS) is 10.7. The molecule has 116 valence electrons. The molecule has 0 aliphatic heterocycles. The number of hydrogen-bond donors (Lipinski definition) is 0. The van der Waals surface area contributed by atoms with Crippen LogP contribution in [0.5, 0.6) is 11.6 Å². The van der Waals surface area contributed by atoms with Crippen molar-refractivity contribution in [1.29, 1.82) is 0 Å². The number of nitrogens with zero attached hydrogens (tertiary/aromatic N) is 3. The van der Waals surface area contributed by atoms with Crippen molar-refractivity contribution in [3.8, 4) is 22.9 Å². The maximum atomic E-state index is 5.90. The van der Waals surface area contributed by atoms with Crippen molar-refractivity contribution < 1.29 is 4.74 Å². The Morgan fingerprint density at radius 2 is 1.57 bits per heavy atom. The number of rotatable bonds is 5. The number of para-hydroxylation sites is 1. The molecule has 0 aliphatic rings. The van der Waals surface area contributed by atoms with Gasteiger partial charge in [0.25, 0.3) is 0 Å². The highest BCUT2D eigenvalue weighted by Gasteiger charge is 2.07. The zero-order valence-electron chi connectivity index (χ0n) is 13.3. The summed E-state index contributed by atoms with van der Waals surface area (Å²) in [5.41, 5.74) is 2.99. The Hall–Kier alpha value is -2.72. The van der Waals surface area contributed by atoms with Crippen molar-refractivity contribution in [3.63, 3.8) is 0 Å². The molecule has 4 nitrogen and oxygen atoms in total. The summed E-state index contributed by atoms with van der Waals surface area (Å²) in [4.78, 5) is 2.10. The number of benzene rings is 2. The molecule has 0 unspecified atom stereocenters. The van der Waals surface area contributed by atoms with Gasteiger partial charge in [-0.25, -0.2) is 0 Å². The molecule has 3 rings (SSSR count). The number of hydrogen-bond acceptors (Lipinski definition) is 4. The molecule has 0 saturated carbocycles. The lowest BCUT2D eigenvalue weighted by molar-refractivity contribution is 0.385. The fourth-order valence-corrected chi connectivity index (χ4v) is 2.32. The van der Waals surface area contributed by atoms with E-state index in [1.54, 1.807) is 0 Å². The Labute approximate surface area is 136 Å². The Kier molecular flexibility index (Phi) is 4.64. The molecule has 0 bridgehead atoms. The van der Waals surface area contributed by atoms with Crippen molar-refractivity contribution in [2.45, 2.75) is 6.54 Å². The first-order chi connectivity index (χ1) is 11.2. The van der Waals surface area contributed by atoms with E-state index in [2.05, 4.69) is 21.2 Å². The van der Waals surface area contributed by atoms with Crippen LogP contribution in [0.25, 0.3) is 11.3 Å². The van der Waals surface area contributed by atoms with E-state index in [1.807, 2.05) is 74.8 Å². The van der Waals surface area contributed by atoms with Crippen LogP contribution in [-0.4, -0.2) is 29.2 Å². The molecule has 2 aromatic carbocycles. The predicted molar refractivity (Wildman–Crippen MR) is 91.4 cm³/mol. The second-order valence-electron chi connectivity index (χ2n) is 5.57. The van der Waals surface area contributed by atoms with Crippen LogP contribution in [0, 0.1) is 0 Å². The van der Waals surface area contributed by atoms with Gasteiger partial charge in [-0.1, -0.05) is 48.5 Å². The summed E-state index contributed by atoms with van der Waals surface area (Å²) in [5.74, 6) is 1.30. The third-order valence-corrected chi connectivity index (χ3v) is 3.38. The summed E-state index contributed by atoms with van der Waals surface area (Å²) < 4.78 is 5.90. The zero-order chi connectivity index (χ0) is 16.1. The molecule has 0 atom stereocenters. The molecule has 1 heterocycles. The van der Waals surface area contributed by atoms with Crippen LogP contribution < -0.4 is 4.74 Å². The standard InChI is InChI=1S/C19H19N3O/c1-22(2)14-16-10-6-7-11-18(16)23-19-13-12-17(20-21-19)15-8-4-3-5-9-15/h3-13H,14H2,1-2H3. The maximum Gasteiger partial charge on any atom is 0.238 e. The van der Waals surface area contributed by atoms with Crippen LogP contribution in [-0.2, 0) is 6.54 Å². The van der Waals surface area contributed by atoms with Gasteiger partial charge in [-0.15, -0.1) is 10.2 Å². The molecule has 0 aliphatic carbocycles. The topological polar surface area (TPSA) is 38.2 Å². The minimum absolute atomic E-state index is 0.496. The summed E-state index contributed by atoms with van der Waals surface area (Å²) in [6.07, 6.45) is 0. The minimum Gasteiger partial charge on any atom is -0.437 e. The van der Waals surface area contributed by atoms with E-state index in [1.165, 1.54) is 0 Å². The SMILES string of the molecule is CN(C)Cc1ccccc1Oc1ccc(-c2ccccc2)nn1. The average Bonchev–Trinajstić information content (AvgIpc) is 2.58. The van der Waals surface area contributed by atoms with E-state index in [4.69, 9.17) is 4.74 Å². The largest absolute Gasteiger partial charge is 0.437 e. The lowest BCUT2D eigenvalue weighted by atomic mass is 10.1. The van der Waals surface area contributed by atoms with Gasteiger partial charge < -0.3 is 9.64 Å². The molecule has 0 amide bonds. The van der Waals surface area contributed by atoms with E-state index < -0.39 is 0 Å². The van der Waals surface area contributed by atoms with Gasteiger partial charge in [0.15, 0.2) is 0 Å². The van der Waals surface area contributed by atoms with Crippen LogP contribution in [0.4, 0.5) is 0 Å². The predicted octanol–water partition coefficient (Wildman–Crippen LogP) is 4.00. The van der Waals surface area contributed by atoms with E-state index >= 15 is 0 Å². The summed E-state index contributed by atoms with van der Waals surface area (Å²) in [7, 11) is 4.07. The average molecular weight is 305 g/mol. The van der Waals surface area contributed by atoms with Gasteiger partial charge in [-0.2, -0.15) is 0 Å². The fourth-order valence-electron chi connectivity index (χ4n) is 2.32. The molecule has 4 heteroatoms. The quantitative estimate of drug-likeness (QED) is 0.714. The van der Waals surface area contributed by atoms with Crippen LogP contribution in [0.2, 0.25) is 0 Å². The van der Waals surface area contributed by atoms with E-state index in [0.29, 0.717) is 5.88 Å². The van der Waals surface area contributed by atoms with Crippen LogP contribution in [0.3, 0.4) is 0 Å². The van der Waals surface area contributed by atoms with Crippen molar-refractivity contribution >= 4 is 0 Å². The van der Waals surface area contributed by atoms with Crippen LogP contribution >= 0.6 is 0 Å². The first-order valence-corrected chi connectivity index (χ1v) is 7.52. The third-order valence-electron chi connectivity index (χ3n) is 3.38. The Morgan fingerprint density at radius 1 is 0.826 bits per heavy atom. The molecule has 0 saturated heterocycles. The molecule has 0 spiro atoms. The van der Waals surface area contributed by atoms with Crippen molar-refractivity contribution in [2.24, 2.45) is 0 Å². The molecule has 0 N–H and O–H groups in total. The summed E-state index contributed by atoms with van der Waals surface area (Å²) in [6.45, 7) is 0.811. The van der Waals surface area contributed by atoms with E-state index in [9.17, 15) is 0 Å². The second kappa shape index (κ2) is 7.03. The lowest BCUT2D eigenvalue weighted by Gasteiger charge is -2.14. The van der Waals surface area contributed by atoms with Gasteiger partial charge in [0.1, 0.15) is 5.75 Å². The van der Waals surface area contributed by atoms with Gasteiger partial charge >= 0.3 is 0 Å². The zero-order valence-corrected chi connectivity index (χ0v) is 13.3. The first kappa shape index (κ1) is 15.2. The van der Waals surface area contributed by atoms with E-state index in [0.717, 1.165) is 29.1 Å². The van der Waals surface area contributed by atoms with E-state index in [-0.39, 0.29) is 0 Å². The lowest BCUT2D eigenvalue weighted by Crippen LogP contribution is -2.11. The van der Waals surface area contributed by atoms with Gasteiger partial charge in [0.2, 0.25) is 5.88 Å². The third kappa shape index (κ3) is 3.93. The van der Waals surface area contributed by atoms with Gasteiger partial charge in [0.05, 0.1) is 5.69 Å². The highest BCUT2D eigenvalue weighted by atomic mass is 16.5. The number of aromatic nitrogens is 2. The molecular formula is C19H19N3O. The molecule has 23 heavy (non-hydrogen) atoms. The Balaban J connectivity index is 1.79. The highest BCUT2D eigenvalue weighted by Crippen LogP contribution is 2.25. The van der Waals surface area contributed by atoms with Gasteiger partial charge in [-0.05, 0) is 26.2 Å². The summed E-state index contributed by atoms with van der Waals surface area (Å²) >= 11 is 0. The van der Waals surface area contributed by atoms with Crippen LogP contribution in [0.15, 0.2) is 66.7 Å². The first-order valence-electron chi connectivity index (χ1n) is 7.52. The highest BCUT2D eigenvalue weighted by molar-refractivity contribution is 5.58. The summed E-state index contributed by atoms with van der Waals surface area (Å²) in [6, 6.07) is 21.7. The van der Waals surface area contributed by atoms with Gasteiger partial charge in [-0.3, -0.25) is 0 Å². The smallest absolute Gasteiger partial charge is 0.238 e. The maximum absolute atomic E-state index is 5.90. The Bertz CT molecular complexity index is 755. The summed E-state index contributed by atoms with van der Waals surface area (Å²) in [5, 5.41) is 8.44. The van der Waals surface area contributed by atoms with Crippen LogP contribution in [0.1, 0.15) is 5.56 Å². The Morgan fingerprint density at radius 3 is 2.26 bits per heavy atom. The molecule has 0 radical (unpaired) electrons. The fraction of sp³-hybridized carbons (Fsp3) is 0.158. The second-order valence-corrected chi connectivity index (χ2v) is 5.57. The van der Waals surface area contributed by atoms with Crippen molar-refractivity contribution in [2.75, 3.05) is 14.1 Å². The minimum atomic E-state index is 0.496. The molecule has 3 aromatic rings. The molecular weight excluding hydrogens is 286 g/mol.